The summed E-state index contributed by atoms with van der Waals surface area (Å²) in [7, 11) is 1.56. The van der Waals surface area contributed by atoms with E-state index in [4.69, 9.17) is 4.74 Å². The van der Waals surface area contributed by atoms with Gasteiger partial charge < -0.3 is 9.84 Å². The van der Waals surface area contributed by atoms with Gasteiger partial charge in [0.1, 0.15) is 5.75 Å². The molecule has 0 fully saturated rings. The summed E-state index contributed by atoms with van der Waals surface area (Å²) in [4.78, 5) is 8.20. The zero-order valence-corrected chi connectivity index (χ0v) is 11.5. The van der Waals surface area contributed by atoms with Gasteiger partial charge in [0.2, 0.25) is 0 Å². The molecule has 2 aromatic heterocycles. The van der Waals surface area contributed by atoms with E-state index in [1.165, 1.54) is 0 Å². The van der Waals surface area contributed by atoms with Gasteiger partial charge in [0, 0.05) is 34.5 Å². The molecule has 2 heterocycles. The molecule has 0 radical (unpaired) electrons. The number of hydrogen-bond donors (Lipinski definition) is 1. The van der Waals surface area contributed by atoms with Crippen LogP contribution in [-0.2, 0) is 6.42 Å². The fourth-order valence-electron chi connectivity index (χ4n) is 1.67. The van der Waals surface area contributed by atoms with Gasteiger partial charge in [-0.15, -0.1) is 0 Å². The molecule has 0 aliphatic carbocycles. The van der Waals surface area contributed by atoms with Gasteiger partial charge in [-0.3, -0.25) is 9.97 Å². The zero-order valence-electron chi connectivity index (χ0n) is 9.88. The maximum absolute atomic E-state index is 10.2. The first kappa shape index (κ1) is 13.0. The Kier molecular flexibility index (Phi) is 4.28. The fourth-order valence-corrected chi connectivity index (χ4v) is 1.91. The third kappa shape index (κ3) is 3.05. The van der Waals surface area contributed by atoms with Crippen LogP contribution in [0.5, 0.6) is 5.75 Å². The zero-order chi connectivity index (χ0) is 13.0. The monoisotopic (exact) mass is 308 g/mol. The number of methoxy groups -OCH3 is 1. The second-order valence-electron chi connectivity index (χ2n) is 3.81. The fraction of sp³-hybridized carbons (Fsp3) is 0.231. The van der Waals surface area contributed by atoms with E-state index >= 15 is 0 Å². The second-order valence-corrected chi connectivity index (χ2v) is 4.72. The number of nitrogens with zero attached hydrogens (tertiary/aromatic N) is 2. The number of aliphatic hydroxyl groups is 1. The third-order valence-corrected chi connectivity index (χ3v) is 3.06. The molecule has 0 saturated carbocycles. The molecule has 1 unspecified atom stereocenters. The van der Waals surface area contributed by atoms with Gasteiger partial charge in [0.05, 0.1) is 19.4 Å². The summed E-state index contributed by atoms with van der Waals surface area (Å²) in [5, 5.41) is 10.2. The van der Waals surface area contributed by atoms with E-state index in [9.17, 15) is 5.11 Å². The first-order valence-electron chi connectivity index (χ1n) is 5.47. The molecule has 0 amide bonds. The Labute approximate surface area is 114 Å². The van der Waals surface area contributed by atoms with Crippen LogP contribution in [0.4, 0.5) is 0 Å². The largest absolute Gasteiger partial charge is 0.495 e. The number of rotatable bonds is 4. The van der Waals surface area contributed by atoms with E-state index in [-0.39, 0.29) is 0 Å². The standard InChI is InChI=1S/C13H13BrN2O2/c1-18-13-8-15-5-4-11(13)12(17)6-10-3-2-9(14)7-16-10/h2-5,7-8,12,17H,6H2,1H3. The van der Waals surface area contributed by atoms with Gasteiger partial charge in [0.15, 0.2) is 0 Å². The number of ether oxygens (including phenoxy) is 1. The Balaban J connectivity index is 2.16. The van der Waals surface area contributed by atoms with Crippen molar-refractivity contribution in [2.24, 2.45) is 0 Å². The SMILES string of the molecule is COc1cnccc1C(O)Cc1ccc(Br)cn1. The number of aromatic nitrogens is 2. The molecule has 0 aliphatic rings. The van der Waals surface area contributed by atoms with E-state index in [2.05, 4.69) is 25.9 Å². The van der Waals surface area contributed by atoms with Crippen LogP contribution >= 0.6 is 15.9 Å². The Morgan fingerprint density at radius 2 is 2.17 bits per heavy atom. The van der Waals surface area contributed by atoms with Crippen molar-refractivity contribution in [1.82, 2.24) is 9.97 Å². The molecule has 1 N–H and O–H groups in total. The second kappa shape index (κ2) is 5.93. The van der Waals surface area contributed by atoms with Gasteiger partial charge in [-0.25, -0.2) is 0 Å². The Morgan fingerprint density at radius 1 is 1.33 bits per heavy atom. The molecule has 2 rings (SSSR count). The molecular weight excluding hydrogens is 296 g/mol. The normalized spacial score (nSPS) is 12.2. The van der Waals surface area contributed by atoms with E-state index < -0.39 is 6.10 Å². The lowest BCUT2D eigenvalue weighted by atomic mass is 10.1. The van der Waals surface area contributed by atoms with Crippen molar-refractivity contribution in [2.45, 2.75) is 12.5 Å². The molecule has 5 heteroatoms. The van der Waals surface area contributed by atoms with Gasteiger partial charge >= 0.3 is 0 Å². The van der Waals surface area contributed by atoms with Crippen LogP contribution in [0.25, 0.3) is 0 Å². The van der Waals surface area contributed by atoms with E-state index in [1.54, 1.807) is 31.8 Å². The van der Waals surface area contributed by atoms with Crippen molar-refractivity contribution in [3.8, 4) is 5.75 Å². The topological polar surface area (TPSA) is 55.2 Å². The summed E-state index contributed by atoms with van der Waals surface area (Å²) >= 11 is 3.33. The molecule has 94 valence electrons. The average molecular weight is 309 g/mol. The number of aliphatic hydroxyl groups excluding tert-OH is 1. The van der Waals surface area contributed by atoms with Gasteiger partial charge in [0.25, 0.3) is 0 Å². The molecule has 1 atom stereocenters. The lowest BCUT2D eigenvalue weighted by Crippen LogP contribution is -2.05. The minimum absolute atomic E-state index is 0.438. The van der Waals surface area contributed by atoms with Crippen molar-refractivity contribution in [1.29, 1.82) is 0 Å². The Morgan fingerprint density at radius 3 is 2.83 bits per heavy atom. The number of pyridine rings is 2. The molecule has 0 aromatic carbocycles. The van der Waals surface area contributed by atoms with E-state index in [0.717, 1.165) is 15.7 Å². The van der Waals surface area contributed by atoms with Crippen LogP contribution in [0.3, 0.4) is 0 Å². The van der Waals surface area contributed by atoms with Crippen LogP contribution in [-0.4, -0.2) is 22.2 Å². The molecule has 0 spiro atoms. The van der Waals surface area contributed by atoms with Gasteiger partial charge in [-0.05, 0) is 34.1 Å². The van der Waals surface area contributed by atoms with E-state index in [0.29, 0.717) is 12.2 Å². The first-order chi connectivity index (χ1) is 8.70. The highest BCUT2D eigenvalue weighted by Crippen LogP contribution is 2.26. The summed E-state index contributed by atoms with van der Waals surface area (Å²) in [6.07, 6.45) is 4.72. The quantitative estimate of drug-likeness (QED) is 0.943. The smallest absolute Gasteiger partial charge is 0.142 e. The van der Waals surface area contributed by atoms with Gasteiger partial charge in [-0.2, -0.15) is 0 Å². The highest BCUT2D eigenvalue weighted by Gasteiger charge is 2.14. The molecule has 0 aliphatic heterocycles. The van der Waals surface area contributed by atoms with Crippen LogP contribution in [0, 0.1) is 0 Å². The van der Waals surface area contributed by atoms with Crippen LogP contribution in [0.1, 0.15) is 17.4 Å². The summed E-state index contributed by atoms with van der Waals surface area (Å²) in [6, 6.07) is 5.53. The maximum atomic E-state index is 10.2. The summed E-state index contributed by atoms with van der Waals surface area (Å²) in [5.41, 5.74) is 1.54. The van der Waals surface area contributed by atoms with Crippen LogP contribution in [0.2, 0.25) is 0 Å². The maximum Gasteiger partial charge on any atom is 0.142 e. The third-order valence-electron chi connectivity index (χ3n) is 2.59. The molecule has 2 aromatic rings. The van der Waals surface area contributed by atoms with Crippen molar-refractivity contribution in [3.63, 3.8) is 0 Å². The summed E-state index contributed by atoms with van der Waals surface area (Å²) in [6.45, 7) is 0. The number of hydrogen-bond acceptors (Lipinski definition) is 4. The van der Waals surface area contributed by atoms with Crippen molar-refractivity contribution < 1.29 is 9.84 Å². The minimum Gasteiger partial charge on any atom is -0.495 e. The Bertz CT molecular complexity index is 517. The van der Waals surface area contributed by atoms with Gasteiger partial charge in [-0.1, -0.05) is 0 Å². The van der Waals surface area contributed by atoms with Crippen LogP contribution < -0.4 is 4.74 Å². The lowest BCUT2D eigenvalue weighted by molar-refractivity contribution is 0.172. The van der Waals surface area contributed by atoms with Crippen molar-refractivity contribution >= 4 is 15.9 Å². The highest BCUT2D eigenvalue weighted by molar-refractivity contribution is 9.10. The minimum atomic E-state index is -0.656. The molecule has 0 bridgehead atoms. The lowest BCUT2D eigenvalue weighted by Gasteiger charge is -2.13. The van der Waals surface area contributed by atoms with Crippen molar-refractivity contribution in [3.05, 3.63) is 52.5 Å². The molecular formula is C13H13BrN2O2. The van der Waals surface area contributed by atoms with Crippen molar-refractivity contribution in [2.75, 3.05) is 7.11 Å². The predicted molar refractivity (Wildman–Crippen MR) is 71.4 cm³/mol. The van der Waals surface area contributed by atoms with Crippen LogP contribution in [0.15, 0.2) is 41.3 Å². The predicted octanol–water partition coefficient (Wildman–Crippen LogP) is 2.52. The summed E-state index contributed by atoms with van der Waals surface area (Å²) in [5.74, 6) is 0.585. The highest BCUT2D eigenvalue weighted by atomic mass is 79.9. The average Bonchev–Trinajstić information content (AvgIpc) is 2.41. The Hall–Kier alpha value is -1.46. The first-order valence-corrected chi connectivity index (χ1v) is 6.26. The number of halogens is 1. The van der Waals surface area contributed by atoms with E-state index in [1.807, 2.05) is 12.1 Å². The summed E-state index contributed by atoms with van der Waals surface area (Å²) < 4.78 is 6.09. The molecule has 0 saturated heterocycles. The molecule has 18 heavy (non-hydrogen) atoms. The molecule has 4 nitrogen and oxygen atoms in total.